The van der Waals surface area contributed by atoms with E-state index in [2.05, 4.69) is 69.6 Å². The monoisotopic (exact) mass is 563 g/mol. The van der Waals surface area contributed by atoms with Crippen molar-refractivity contribution in [1.82, 2.24) is 14.5 Å². The molecular formula is C30H31BrFN3O2. The Balaban J connectivity index is 1.47. The molecule has 5 nitrogen and oxygen atoms in total. The second kappa shape index (κ2) is 11.5. The molecule has 5 rings (SSSR count). The van der Waals surface area contributed by atoms with Gasteiger partial charge in [0.25, 0.3) is 0 Å². The first-order chi connectivity index (χ1) is 18.0. The zero-order chi connectivity index (χ0) is 25.8. The van der Waals surface area contributed by atoms with Gasteiger partial charge in [0.05, 0.1) is 11.9 Å². The quantitative estimate of drug-likeness (QED) is 0.200. The Bertz CT molecular complexity index is 1370. The first-order valence-electron chi connectivity index (χ1n) is 12.7. The molecule has 0 N–H and O–H groups in total. The molecule has 0 radical (unpaired) electrons. The summed E-state index contributed by atoms with van der Waals surface area (Å²) in [6.07, 6.45) is 4.09. The number of halogens is 2. The summed E-state index contributed by atoms with van der Waals surface area (Å²) in [6.45, 7) is 7.65. The van der Waals surface area contributed by atoms with Gasteiger partial charge in [-0.05, 0) is 66.4 Å². The van der Waals surface area contributed by atoms with Crippen LogP contribution in [0, 0.1) is 12.7 Å². The number of hydrogen-bond donors (Lipinski definition) is 0. The molecule has 0 bridgehead atoms. The number of imidazole rings is 1. The van der Waals surface area contributed by atoms with E-state index in [-0.39, 0.29) is 12.6 Å². The van der Waals surface area contributed by atoms with Gasteiger partial charge in [0.1, 0.15) is 11.6 Å². The molecule has 1 aromatic heterocycles. The maximum absolute atomic E-state index is 13.6. The van der Waals surface area contributed by atoms with Gasteiger partial charge in [-0.25, -0.2) is 9.37 Å². The first-order valence-corrected chi connectivity index (χ1v) is 13.5. The molecule has 1 aliphatic heterocycles. The Labute approximate surface area is 226 Å². The lowest BCUT2D eigenvalue weighted by Gasteiger charge is -2.25. The van der Waals surface area contributed by atoms with E-state index in [0.29, 0.717) is 6.54 Å². The first kappa shape index (κ1) is 25.5. The molecule has 4 aromatic rings. The number of unbranched alkanes of at least 4 members (excludes halogenated alkanes) is 1. The van der Waals surface area contributed by atoms with Crippen LogP contribution in [-0.4, -0.2) is 21.2 Å². The minimum Gasteiger partial charge on any atom is -0.454 e. The number of hydrogen-bond acceptors (Lipinski definition) is 4. The van der Waals surface area contributed by atoms with Crippen molar-refractivity contribution in [3.8, 4) is 22.9 Å². The Morgan fingerprint density at radius 2 is 1.81 bits per heavy atom. The van der Waals surface area contributed by atoms with Crippen LogP contribution in [0.1, 0.15) is 42.1 Å². The maximum Gasteiger partial charge on any atom is 0.231 e. The average molecular weight is 564 g/mol. The number of aromatic nitrogens is 2. The van der Waals surface area contributed by atoms with E-state index in [1.165, 1.54) is 23.3 Å². The van der Waals surface area contributed by atoms with Crippen molar-refractivity contribution in [3.05, 3.63) is 99.5 Å². The smallest absolute Gasteiger partial charge is 0.231 e. The molecule has 0 saturated carbocycles. The molecule has 1 aliphatic rings. The summed E-state index contributed by atoms with van der Waals surface area (Å²) in [5.41, 5.74) is 5.67. The zero-order valence-corrected chi connectivity index (χ0v) is 22.8. The van der Waals surface area contributed by atoms with E-state index in [1.807, 2.05) is 12.3 Å². The predicted molar refractivity (Wildman–Crippen MR) is 147 cm³/mol. The minimum absolute atomic E-state index is 0.241. The van der Waals surface area contributed by atoms with E-state index < -0.39 is 0 Å². The molecule has 37 heavy (non-hydrogen) atoms. The Kier molecular flexibility index (Phi) is 7.91. The third kappa shape index (κ3) is 5.89. The summed E-state index contributed by atoms with van der Waals surface area (Å²) in [4.78, 5) is 7.20. The van der Waals surface area contributed by atoms with Crippen molar-refractivity contribution in [3.63, 3.8) is 0 Å². The molecule has 0 unspecified atom stereocenters. The third-order valence-electron chi connectivity index (χ3n) is 6.67. The summed E-state index contributed by atoms with van der Waals surface area (Å²) in [5.74, 6) is 2.22. The number of ether oxygens (including phenoxy) is 2. The molecule has 3 aromatic carbocycles. The van der Waals surface area contributed by atoms with E-state index in [4.69, 9.17) is 14.5 Å². The topological polar surface area (TPSA) is 39.5 Å². The van der Waals surface area contributed by atoms with Crippen LogP contribution in [0.15, 0.2) is 71.3 Å². The number of rotatable bonds is 10. The molecule has 0 aliphatic carbocycles. The fraction of sp³-hybridized carbons (Fsp3) is 0.300. The van der Waals surface area contributed by atoms with Gasteiger partial charge in [0, 0.05) is 36.2 Å². The highest BCUT2D eigenvalue weighted by molar-refractivity contribution is 9.10. The second-order valence-corrected chi connectivity index (χ2v) is 10.3. The minimum atomic E-state index is -0.241. The van der Waals surface area contributed by atoms with Gasteiger partial charge in [-0.2, -0.15) is 0 Å². The highest BCUT2D eigenvalue weighted by Gasteiger charge is 2.19. The van der Waals surface area contributed by atoms with E-state index in [9.17, 15) is 4.39 Å². The van der Waals surface area contributed by atoms with Crippen LogP contribution >= 0.6 is 15.9 Å². The lowest BCUT2D eigenvalue weighted by Crippen LogP contribution is -2.24. The Hall–Kier alpha value is -3.16. The molecule has 0 amide bonds. The van der Waals surface area contributed by atoms with Gasteiger partial charge in [0.15, 0.2) is 11.5 Å². The van der Waals surface area contributed by atoms with Crippen LogP contribution in [0.25, 0.3) is 11.4 Å². The molecule has 0 saturated heterocycles. The van der Waals surface area contributed by atoms with Crippen LogP contribution in [0.4, 0.5) is 4.39 Å². The predicted octanol–water partition coefficient (Wildman–Crippen LogP) is 7.49. The van der Waals surface area contributed by atoms with Crippen LogP contribution in [0.3, 0.4) is 0 Å². The van der Waals surface area contributed by atoms with Crippen molar-refractivity contribution in [1.29, 1.82) is 0 Å². The van der Waals surface area contributed by atoms with E-state index in [1.54, 1.807) is 12.1 Å². The number of fused-ring (bicyclic) bond motifs is 1. The van der Waals surface area contributed by atoms with Gasteiger partial charge >= 0.3 is 0 Å². The van der Waals surface area contributed by atoms with Crippen molar-refractivity contribution in [2.75, 3.05) is 6.79 Å². The fourth-order valence-electron chi connectivity index (χ4n) is 4.70. The van der Waals surface area contributed by atoms with Crippen LogP contribution in [0.2, 0.25) is 0 Å². The van der Waals surface area contributed by atoms with Gasteiger partial charge in [-0.1, -0.05) is 53.5 Å². The number of benzene rings is 3. The molecule has 192 valence electrons. The standard InChI is InChI=1S/C30H31BrFN3O2/c1-3-4-14-35-26(16-33-30(35)23-9-11-25(32)12-10-23)19-34(18-24-7-5-6-21(2)29(24)31)17-22-8-13-27-28(15-22)37-20-36-27/h5-13,15-16H,3-4,14,17-20H2,1-2H3. The van der Waals surface area contributed by atoms with Crippen LogP contribution < -0.4 is 9.47 Å². The third-order valence-corrected chi connectivity index (χ3v) is 7.81. The Morgan fingerprint density at radius 3 is 2.62 bits per heavy atom. The summed E-state index contributed by atoms with van der Waals surface area (Å²) < 4.78 is 28.1. The van der Waals surface area contributed by atoms with E-state index in [0.717, 1.165) is 71.1 Å². The van der Waals surface area contributed by atoms with Crippen LogP contribution in [-0.2, 0) is 26.2 Å². The normalized spacial score (nSPS) is 12.5. The fourth-order valence-corrected chi connectivity index (χ4v) is 5.09. The molecule has 2 heterocycles. The van der Waals surface area contributed by atoms with Gasteiger partial charge < -0.3 is 14.0 Å². The highest BCUT2D eigenvalue weighted by atomic mass is 79.9. The summed E-state index contributed by atoms with van der Waals surface area (Å²) in [5, 5.41) is 0. The lowest BCUT2D eigenvalue weighted by atomic mass is 10.1. The largest absolute Gasteiger partial charge is 0.454 e. The van der Waals surface area contributed by atoms with Crippen molar-refractivity contribution < 1.29 is 13.9 Å². The Morgan fingerprint density at radius 1 is 1.00 bits per heavy atom. The van der Waals surface area contributed by atoms with Crippen LogP contribution in [0.5, 0.6) is 11.5 Å². The molecular weight excluding hydrogens is 533 g/mol. The van der Waals surface area contributed by atoms with Crippen molar-refractivity contribution in [2.45, 2.75) is 52.9 Å². The van der Waals surface area contributed by atoms with Crippen molar-refractivity contribution in [2.24, 2.45) is 0 Å². The lowest BCUT2D eigenvalue weighted by molar-refractivity contribution is 0.174. The van der Waals surface area contributed by atoms with Gasteiger partial charge in [-0.3, -0.25) is 4.90 Å². The molecule has 0 spiro atoms. The zero-order valence-electron chi connectivity index (χ0n) is 21.2. The second-order valence-electron chi connectivity index (χ2n) is 9.47. The SMILES string of the molecule is CCCCn1c(CN(Cc2ccc3c(c2)OCO3)Cc2cccc(C)c2Br)cnc1-c1ccc(F)cc1. The van der Waals surface area contributed by atoms with Gasteiger partial charge in [0.2, 0.25) is 6.79 Å². The molecule has 7 heteroatoms. The van der Waals surface area contributed by atoms with Crippen molar-refractivity contribution >= 4 is 15.9 Å². The summed E-state index contributed by atoms with van der Waals surface area (Å²) >= 11 is 3.80. The summed E-state index contributed by atoms with van der Waals surface area (Å²) in [7, 11) is 0. The maximum atomic E-state index is 13.6. The molecule has 0 atom stereocenters. The number of aryl methyl sites for hydroxylation is 1. The van der Waals surface area contributed by atoms with Gasteiger partial charge in [-0.15, -0.1) is 0 Å². The van der Waals surface area contributed by atoms with E-state index >= 15 is 0 Å². The average Bonchev–Trinajstić information content (AvgIpc) is 3.52. The molecule has 0 fully saturated rings. The number of nitrogens with zero attached hydrogens (tertiary/aromatic N) is 3. The highest BCUT2D eigenvalue weighted by Crippen LogP contribution is 2.33. The summed E-state index contributed by atoms with van der Waals surface area (Å²) in [6, 6.07) is 19.1.